The van der Waals surface area contributed by atoms with E-state index in [-0.39, 0.29) is 5.69 Å². The molecule has 0 aliphatic rings. The third-order valence-corrected chi connectivity index (χ3v) is 1.50. The Hall–Kier alpha value is -1.99. The highest BCUT2D eigenvalue weighted by Crippen LogP contribution is 2.29. The maximum atomic E-state index is 12.1. The molecule has 5 nitrogen and oxygen atoms in total. The molecule has 1 rings (SSSR count). The lowest BCUT2D eigenvalue weighted by Crippen LogP contribution is -2.27. The minimum atomic E-state index is -4.41. The molecule has 0 aromatic heterocycles. The van der Waals surface area contributed by atoms with Crippen LogP contribution in [0.25, 0.3) is 0 Å². The van der Waals surface area contributed by atoms with Gasteiger partial charge in [0.2, 0.25) is 0 Å². The summed E-state index contributed by atoms with van der Waals surface area (Å²) in [4.78, 5) is 9.85. The molecule has 0 saturated heterocycles. The number of hydrogen-bond donors (Lipinski definition) is 2. The highest BCUT2D eigenvalue weighted by molar-refractivity contribution is 5.43. The van der Waals surface area contributed by atoms with Gasteiger partial charge in [-0.05, 0) is 29.8 Å². The van der Waals surface area contributed by atoms with Gasteiger partial charge in [0.1, 0.15) is 0 Å². The van der Waals surface area contributed by atoms with Crippen LogP contribution in [0.3, 0.4) is 0 Å². The Morgan fingerprint density at radius 3 is 2.13 bits per heavy atom. The summed E-state index contributed by atoms with van der Waals surface area (Å²) in [6.07, 6.45) is -4.41. The lowest BCUT2D eigenvalue weighted by molar-refractivity contribution is -0.538. The second-order valence-electron chi connectivity index (χ2n) is 2.57. The Morgan fingerprint density at radius 2 is 1.73 bits per heavy atom. The zero-order valence-corrected chi connectivity index (χ0v) is 7.21. The molecule has 0 aliphatic heterocycles. The topological polar surface area (TPSA) is 67.2 Å². The minimum Gasteiger partial charge on any atom is -0.248 e. The summed E-state index contributed by atoms with van der Waals surface area (Å²) >= 11 is 0. The number of hydrazine groups is 2. The van der Waals surface area contributed by atoms with Gasteiger partial charge in [-0.25, -0.2) is 15.5 Å². The van der Waals surface area contributed by atoms with Crippen molar-refractivity contribution in [3.05, 3.63) is 39.9 Å². The Balaban J connectivity index is 2.69. The van der Waals surface area contributed by atoms with Crippen molar-refractivity contribution in [3.8, 4) is 0 Å². The molecule has 8 heteroatoms. The minimum absolute atomic E-state index is 0.166. The van der Waals surface area contributed by atoms with E-state index >= 15 is 0 Å². The van der Waals surface area contributed by atoms with E-state index in [1.165, 1.54) is 0 Å². The van der Waals surface area contributed by atoms with Crippen molar-refractivity contribution in [2.75, 3.05) is 5.43 Å². The predicted molar refractivity (Wildman–Crippen MR) is 45.2 cm³/mol. The molecular weight excluding hydrogens is 215 g/mol. The molecule has 1 aromatic rings. The average Bonchev–Trinajstić information content (AvgIpc) is 2.14. The van der Waals surface area contributed by atoms with Crippen LogP contribution in [0.15, 0.2) is 24.3 Å². The molecule has 2 N–H and O–H groups in total. The van der Waals surface area contributed by atoms with Crippen molar-refractivity contribution in [3.63, 3.8) is 0 Å². The van der Waals surface area contributed by atoms with E-state index in [4.69, 9.17) is 0 Å². The highest BCUT2D eigenvalue weighted by atomic mass is 19.4. The summed E-state index contributed by atoms with van der Waals surface area (Å²) in [7, 11) is 0. The van der Waals surface area contributed by atoms with Crippen molar-refractivity contribution in [2.24, 2.45) is 0 Å². The van der Waals surface area contributed by atoms with E-state index in [0.717, 1.165) is 24.3 Å². The van der Waals surface area contributed by atoms with Crippen LogP contribution in [0.4, 0.5) is 18.9 Å². The Bertz CT molecular complexity index is 349. The van der Waals surface area contributed by atoms with Crippen molar-refractivity contribution in [1.29, 1.82) is 0 Å². The van der Waals surface area contributed by atoms with Crippen LogP contribution in [-0.2, 0) is 6.18 Å². The largest absolute Gasteiger partial charge is 0.416 e. The molecule has 0 amide bonds. The number of hydrogen-bond acceptors (Lipinski definition) is 3. The molecule has 0 fully saturated rings. The molecule has 0 unspecified atom stereocenters. The summed E-state index contributed by atoms with van der Waals surface area (Å²) in [5.74, 6) is 0. The Labute approximate surface area is 82.0 Å². The highest BCUT2D eigenvalue weighted by Gasteiger charge is 2.29. The lowest BCUT2D eigenvalue weighted by atomic mass is 10.2. The Morgan fingerprint density at radius 1 is 1.20 bits per heavy atom. The van der Waals surface area contributed by atoms with Crippen LogP contribution in [0, 0.1) is 10.1 Å². The normalized spacial score (nSPS) is 10.9. The van der Waals surface area contributed by atoms with Crippen LogP contribution in [-0.4, -0.2) is 5.03 Å². The standard InChI is InChI=1S/C7H6F3N3O2/c8-7(9,10)5-1-3-6(4-2-5)11-12-13(14)15/h1-4,11-12H. The quantitative estimate of drug-likeness (QED) is 0.603. The van der Waals surface area contributed by atoms with Gasteiger partial charge in [-0.15, -0.1) is 0 Å². The molecule has 15 heavy (non-hydrogen) atoms. The van der Waals surface area contributed by atoms with E-state index in [2.05, 4.69) is 5.43 Å². The first kappa shape index (κ1) is 11.1. The number of nitrogens with one attached hydrogen (secondary N) is 2. The van der Waals surface area contributed by atoms with Gasteiger partial charge in [0, 0.05) is 0 Å². The zero-order valence-electron chi connectivity index (χ0n) is 7.21. The van der Waals surface area contributed by atoms with Crippen molar-refractivity contribution in [1.82, 2.24) is 5.53 Å². The maximum absolute atomic E-state index is 12.1. The fourth-order valence-corrected chi connectivity index (χ4v) is 0.853. The van der Waals surface area contributed by atoms with Gasteiger partial charge in [0.05, 0.1) is 11.3 Å². The van der Waals surface area contributed by atoms with Crippen LogP contribution in [0.1, 0.15) is 5.56 Å². The van der Waals surface area contributed by atoms with E-state index in [0.29, 0.717) is 0 Å². The number of halogens is 3. The molecule has 0 spiro atoms. The first-order valence-electron chi connectivity index (χ1n) is 3.73. The number of alkyl halides is 3. The Kier molecular flexibility index (Phi) is 2.98. The summed E-state index contributed by atoms with van der Waals surface area (Å²) < 4.78 is 36.3. The van der Waals surface area contributed by atoms with Crippen LogP contribution < -0.4 is 11.0 Å². The van der Waals surface area contributed by atoms with Crippen LogP contribution in [0.2, 0.25) is 0 Å². The number of nitro groups is 1. The van der Waals surface area contributed by atoms with Gasteiger partial charge < -0.3 is 0 Å². The van der Waals surface area contributed by atoms with Crippen LogP contribution >= 0.6 is 0 Å². The van der Waals surface area contributed by atoms with Crippen molar-refractivity contribution in [2.45, 2.75) is 6.18 Å². The molecule has 0 atom stereocenters. The monoisotopic (exact) mass is 221 g/mol. The maximum Gasteiger partial charge on any atom is 0.416 e. The lowest BCUT2D eigenvalue weighted by Gasteiger charge is -2.07. The smallest absolute Gasteiger partial charge is 0.248 e. The molecule has 0 saturated carbocycles. The first-order chi connectivity index (χ1) is 6.89. The third kappa shape index (κ3) is 3.33. The molecule has 0 bridgehead atoms. The van der Waals surface area contributed by atoms with Gasteiger partial charge in [0.25, 0.3) is 0 Å². The fraction of sp³-hybridized carbons (Fsp3) is 0.143. The molecule has 82 valence electrons. The number of benzene rings is 1. The second kappa shape index (κ2) is 4.03. The van der Waals surface area contributed by atoms with Gasteiger partial charge in [0.15, 0.2) is 5.03 Å². The van der Waals surface area contributed by atoms with Gasteiger partial charge in [-0.2, -0.15) is 13.2 Å². The van der Waals surface area contributed by atoms with Gasteiger partial charge in [-0.3, -0.25) is 0 Å². The van der Waals surface area contributed by atoms with Crippen LogP contribution in [0.5, 0.6) is 0 Å². The SMILES string of the molecule is O=[N+]([O-])NNc1ccc(C(F)(F)F)cc1. The summed E-state index contributed by atoms with van der Waals surface area (Å²) in [5, 5.41) is 8.99. The summed E-state index contributed by atoms with van der Waals surface area (Å²) in [6.45, 7) is 0. The number of anilines is 1. The van der Waals surface area contributed by atoms with E-state index < -0.39 is 16.8 Å². The molecule has 1 aromatic carbocycles. The summed E-state index contributed by atoms with van der Waals surface area (Å²) in [5.41, 5.74) is 3.07. The first-order valence-corrected chi connectivity index (χ1v) is 3.73. The van der Waals surface area contributed by atoms with E-state index in [1.54, 1.807) is 5.53 Å². The molecule has 0 aliphatic carbocycles. The molecule has 0 heterocycles. The number of nitrogens with zero attached hydrogens (tertiary/aromatic N) is 1. The summed E-state index contributed by atoms with van der Waals surface area (Å²) in [6, 6.07) is 3.81. The molecule has 0 radical (unpaired) electrons. The van der Waals surface area contributed by atoms with Crippen molar-refractivity contribution >= 4 is 5.69 Å². The third-order valence-electron chi connectivity index (χ3n) is 1.50. The van der Waals surface area contributed by atoms with E-state index in [9.17, 15) is 23.3 Å². The fourth-order valence-electron chi connectivity index (χ4n) is 0.853. The van der Waals surface area contributed by atoms with Crippen molar-refractivity contribution < 1.29 is 18.2 Å². The number of rotatable bonds is 3. The second-order valence-corrected chi connectivity index (χ2v) is 2.57. The van der Waals surface area contributed by atoms with Gasteiger partial charge >= 0.3 is 6.18 Å². The predicted octanol–water partition coefficient (Wildman–Crippen LogP) is 1.81. The molecular formula is C7H6F3N3O2. The van der Waals surface area contributed by atoms with E-state index in [1.807, 2.05) is 0 Å². The zero-order chi connectivity index (χ0) is 11.5. The van der Waals surface area contributed by atoms with Gasteiger partial charge in [-0.1, -0.05) is 0 Å². The average molecular weight is 221 g/mol.